The minimum atomic E-state index is -0.0460. The number of nitrogens with one attached hydrogen (secondary N) is 1. The minimum Gasteiger partial charge on any atom is -0.497 e. The van der Waals surface area contributed by atoms with E-state index in [1.54, 1.807) is 13.3 Å². The molecular weight excluding hydrogens is 304 g/mol. The number of benzene rings is 1. The highest BCUT2D eigenvalue weighted by atomic mass is 16.5. The van der Waals surface area contributed by atoms with E-state index in [9.17, 15) is 4.79 Å². The van der Waals surface area contributed by atoms with Crippen molar-refractivity contribution in [2.24, 2.45) is 0 Å². The highest BCUT2D eigenvalue weighted by molar-refractivity contribution is 5.78. The lowest BCUT2D eigenvalue weighted by Crippen LogP contribution is -2.26. The molecule has 0 atom stereocenters. The fourth-order valence-corrected chi connectivity index (χ4v) is 2.76. The van der Waals surface area contributed by atoms with E-state index in [-0.39, 0.29) is 5.91 Å². The molecule has 1 aromatic carbocycles. The van der Waals surface area contributed by atoms with Crippen LogP contribution in [0.3, 0.4) is 0 Å². The number of methoxy groups -OCH3 is 1. The highest BCUT2D eigenvalue weighted by Crippen LogP contribution is 2.17. The highest BCUT2D eigenvalue weighted by Gasteiger charge is 2.14. The molecule has 0 spiro atoms. The van der Waals surface area contributed by atoms with Crippen molar-refractivity contribution < 1.29 is 9.53 Å². The Morgan fingerprint density at radius 2 is 1.96 bits per heavy atom. The molecule has 0 aliphatic carbocycles. The van der Waals surface area contributed by atoms with Crippen LogP contribution >= 0.6 is 0 Å². The third kappa shape index (κ3) is 4.22. The Hall–Kier alpha value is -2.63. The van der Waals surface area contributed by atoms with Gasteiger partial charge in [-0.05, 0) is 36.6 Å². The molecule has 1 aromatic heterocycles. The van der Waals surface area contributed by atoms with Crippen LogP contribution in [0.5, 0.6) is 5.75 Å². The topological polar surface area (TPSA) is 67.3 Å². The van der Waals surface area contributed by atoms with Gasteiger partial charge in [0.25, 0.3) is 0 Å². The SMILES string of the molecule is COc1ccc(CC(=O)NCc2nccc(N3CCCC3)n2)cc1. The van der Waals surface area contributed by atoms with Crippen LogP contribution in [0.4, 0.5) is 5.82 Å². The first-order chi connectivity index (χ1) is 11.7. The Kier molecular flexibility index (Phi) is 5.25. The molecule has 1 fully saturated rings. The third-order valence-electron chi connectivity index (χ3n) is 4.09. The number of aromatic nitrogens is 2. The first-order valence-electron chi connectivity index (χ1n) is 8.21. The Balaban J connectivity index is 1.52. The molecule has 2 aromatic rings. The molecule has 1 amide bonds. The second-order valence-corrected chi connectivity index (χ2v) is 5.83. The average molecular weight is 326 g/mol. The lowest BCUT2D eigenvalue weighted by Gasteiger charge is -2.16. The largest absolute Gasteiger partial charge is 0.497 e. The molecule has 3 rings (SSSR count). The van der Waals surface area contributed by atoms with Gasteiger partial charge in [0.1, 0.15) is 17.4 Å². The van der Waals surface area contributed by atoms with E-state index in [4.69, 9.17) is 4.74 Å². The predicted octanol–water partition coefficient (Wildman–Crippen LogP) is 1.94. The van der Waals surface area contributed by atoms with Crippen LogP contribution in [0, 0.1) is 0 Å². The van der Waals surface area contributed by atoms with Crippen molar-refractivity contribution in [3.8, 4) is 5.75 Å². The number of rotatable bonds is 6. The number of carbonyl (C=O) groups is 1. The van der Waals surface area contributed by atoms with Gasteiger partial charge < -0.3 is 15.0 Å². The van der Waals surface area contributed by atoms with Gasteiger partial charge in [-0.1, -0.05) is 12.1 Å². The van der Waals surface area contributed by atoms with E-state index >= 15 is 0 Å². The number of hydrogen-bond acceptors (Lipinski definition) is 5. The summed E-state index contributed by atoms with van der Waals surface area (Å²) in [7, 11) is 1.62. The standard InChI is InChI=1S/C18H22N4O2/c1-24-15-6-4-14(5-7-15)12-18(23)20-13-16-19-9-8-17(21-16)22-10-2-3-11-22/h4-9H,2-3,10-13H2,1H3,(H,20,23). The van der Waals surface area contributed by atoms with E-state index in [2.05, 4.69) is 20.2 Å². The first kappa shape index (κ1) is 16.2. The molecule has 6 nitrogen and oxygen atoms in total. The van der Waals surface area contributed by atoms with E-state index < -0.39 is 0 Å². The maximum Gasteiger partial charge on any atom is 0.224 e. The number of carbonyl (C=O) groups excluding carboxylic acids is 1. The van der Waals surface area contributed by atoms with Crippen molar-refractivity contribution in [2.75, 3.05) is 25.1 Å². The number of nitrogens with zero attached hydrogens (tertiary/aromatic N) is 3. The maximum absolute atomic E-state index is 12.1. The normalized spacial score (nSPS) is 13.8. The van der Waals surface area contributed by atoms with E-state index in [0.29, 0.717) is 18.8 Å². The third-order valence-corrected chi connectivity index (χ3v) is 4.09. The molecule has 1 N–H and O–H groups in total. The van der Waals surface area contributed by atoms with Crippen LogP contribution in [0.25, 0.3) is 0 Å². The van der Waals surface area contributed by atoms with E-state index in [0.717, 1.165) is 30.2 Å². The summed E-state index contributed by atoms with van der Waals surface area (Å²) in [6.07, 6.45) is 4.50. The molecular formula is C18H22N4O2. The van der Waals surface area contributed by atoms with Crippen LogP contribution in [0.1, 0.15) is 24.2 Å². The molecule has 1 aliphatic heterocycles. The lowest BCUT2D eigenvalue weighted by molar-refractivity contribution is -0.120. The fourth-order valence-electron chi connectivity index (χ4n) is 2.76. The zero-order valence-corrected chi connectivity index (χ0v) is 13.9. The quantitative estimate of drug-likeness (QED) is 0.879. The number of hydrogen-bond donors (Lipinski definition) is 1. The lowest BCUT2D eigenvalue weighted by atomic mass is 10.1. The van der Waals surface area contributed by atoms with Crippen LogP contribution in [-0.2, 0) is 17.8 Å². The van der Waals surface area contributed by atoms with Crippen molar-refractivity contribution in [3.63, 3.8) is 0 Å². The van der Waals surface area contributed by atoms with Gasteiger partial charge in [0.2, 0.25) is 5.91 Å². The summed E-state index contributed by atoms with van der Waals surface area (Å²) >= 11 is 0. The first-order valence-corrected chi connectivity index (χ1v) is 8.21. The van der Waals surface area contributed by atoms with Crippen molar-refractivity contribution >= 4 is 11.7 Å². The zero-order valence-electron chi connectivity index (χ0n) is 13.9. The number of amides is 1. The molecule has 0 bridgehead atoms. The van der Waals surface area contributed by atoms with Gasteiger partial charge in [-0.15, -0.1) is 0 Å². The minimum absolute atomic E-state index is 0.0460. The average Bonchev–Trinajstić information content (AvgIpc) is 3.16. The maximum atomic E-state index is 12.1. The number of ether oxygens (including phenoxy) is 1. The molecule has 24 heavy (non-hydrogen) atoms. The predicted molar refractivity (Wildman–Crippen MR) is 92.0 cm³/mol. The molecule has 0 unspecified atom stereocenters. The van der Waals surface area contributed by atoms with Crippen LogP contribution in [0.15, 0.2) is 36.5 Å². The van der Waals surface area contributed by atoms with Gasteiger partial charge in [0.15, 0.2) is 0 Å². The molecule has 1 saturated heterocycles. The van der Waals surface area contributed by atoms with Crippen LogP contribution < -0.4 is 15.0 Å². The molecule has 0 radical (unpaired) electrons. The van der Waals surface area contributed by atoms with Gasteiger partial charge in [0.05, 0.1) is 20.1 Å². The van der Waals surface area contributed by atoms with E-state index in [1.165, 1.54) is 12.8 Å². The van der Waals surface area contributed by atoms with Gasteiger partial charge in [-0.25, -0.2) is 9.97 Å². The van der Waals surface area contributed by atoms with Crippen LogP contribution in [0.2, 0.25) is 0 Å². The van der Waals surface area contributed by atoms with Gasteiger partial charge in [-0.2, -0.15) is 0 Å². The molecule has 126 valence electrons. The fraction of sp³-hybridized carbons (Fsp3) is 0.389. The smallest absolute Gasteiger partial charge is 0.224 e. The van der Waals surface area contributed by atoms with Gasteiger partial charge >= 0.3 is 0 Å². The summed E-state index contributed by atoms with van der Waals surface area (Å²) in [5, 5.41) is 2.88. The Bertz CT molecular complexity index is 682. The van der Waals surface area contributed by atoms with Gasteiger partial charge in [-0.3, -0.25) is 4.79 Å². The molecule has 6 heteroatoms. The summed E-state index contributed by atoms with van der Waals surface area (Å²) < 4.78 is 5.11. The summed E-state index contributed by atoms with van der Waals surface area (Å²) in [6.45, 7) is 2.43. The summed E-state index contributed by atoms with van der Waals surface area (Å²) in [5.74, 6) is 2.33. The van der Waals surface area contributed by atoms with Crippen molar-refractivity contribution in [1.29, 1.82) is 0 Å². The summed E-state index contributed by atoms with van der Waals surface area (Å²) in [4.78, 5) is 23.1. The van der Waals surface area contributed by atoms with Crippen molar-refractivity contribution in [1.82, 2.24) is 15.3 Å². The Labute approximate surface area is 141 Å². The zero-order chi connectivity index (χ0) is 16.8. The Morgan fingerprint density at radius 3 is 2.67 bits per heavy atom. The van der Waals surface area contributed by atoms with Gasteiger partial charge in [0, 0.05) is 19.3 Å². The molecule has 1 aliphatic rings. The Morgan fingerprint density at radius 1 is 1.21 bits per heavy atom. The second-order valence-electron chi connectivity index (χ2n) is 5.83. The number of anilines is 1. The summed E-state index contributed by atoms with van der Waals surface area (Å²) in [6, 6.07) is 9.41. The summed E-state index contributed by atoms with van der Waals surface area (Å²) in [5.41, 5.74) is 0.944. The van der Waals surface area contributed by atoms with Crippen molar-refractivity contribution in [3.05, 3.63) is 47.9 Å². The van der Waals surface area contributed by atoms with E-state index in [1.807, 2.05) is 30.3 Å². The van der Waals surface area contributed by atoms with Crippen molar-refractivity contribution in [2.45, 2.75) is 25.8 Å². The van der Waals surface area contributed by atoms with Crippen LogP contribution in [-0.4, -0.2) is 36.1 Å². The molecule has 2 heterocycles. The monoisotopic (exact) mass is 326 g/mol. The molecule has 0 saturated carbocycles. The second kappa shape index (κ2) is 7.77.